The van der Waals surface area contributed by atoms with Crippen LogP contribution in [0.15, 0.2) is 12.2 Å². The molecule has 3 atom stereocenters. The molecule has 0 bridgehead atoms. The van der Waals surface area contributed by atoms with Gasteiger partial charge in [-0.3, -0.25) is 9.36 Å². The van der Waals surface area contributed by atoms with E-state index in [0.717, 1.165) is 38.5 Å². The molecule has 0 heterocycles. The van der Waals surface area contributed by atoms with E-state index in [-0.39, 0.29) is 19.1 Å². The zero-order chi connectivity index (χ0) is 49.2. The minimum absolute atomic E-state index is 0.00195. The van der Waals surface area contributed by atoms with Gasteiger partial charge in [0.15, 0.2) is 0 Å². The van der Waals surface area contributed by atoms with Crippen LogP contribution in [0.4, 0.5) is 0 Å². The van der Waals surface area contributed by atoms with Crippen LogP contribution >= 0.6 is 7.82 Å². The Kier molecular flexibility index (Phi) is 49.6. The summed E-state index contributed by atoms with van der Waals surface area (Å²) in [5.74, 6) is -0.194. The first-order valence-corrected chi connectivity index (χ1v) is 31.0. The second-order valence-electron chi connectivity index (χ2n) is 21.7. The van der Waals surface area contributed by atoms with Crippen LogP contribution in [-0.2, 0) is 18.4 Å². The van der Waals surface area contributed by atoms with Crippen molar-refractivity contribution < 1.29 is 32.9 Å². The summed E-state index contributed by atoms with van der Waals surface area (Å²) in [6.45, 7) is 4.65. The van der Waals surface area contributed by atoms with E-state index >= 15 is 0 Å². The van der Waals surface area contributed by atoms with Gasteiger partial charge in [0.2, 0.25) is 5.91 Å². The standard InChI is InChI=1S/C58H117N2O6P/c1-6-8-10-12-14-16-17-18-19-20-21-22-23-24-25-26-27-28-29-30-31-32-33-34-35-36-37-38-39-40-41-42-44-46-48-50-52-58(62)59-56(55-66-67(63,64)65-54-53-60(3,4)5)57(61)51-49-47-45-43-15-13-11-9-7-2/h49,51,56-57,61H,6-48,50,52-55H2,1-5H3,(H-,59,62,63,64)/b51-49+/t56-,57+/m0/s1. The Morgan fingerprint density at radius 1 is 0.507 bits per heavy atom. The number of nitrogens with one attached hydrogen (secondary N) is 1. The molecule has 2 N–H and O–H groups in total. The lowest BCUT2D eigenvalue weighted by Gasteiger charge is -2.29. The summed E-state index contributed by atoms with van der Waals surface area (Å²) in [5, 5.41) is 13.8. The molecule has 8 nitrogen and oxygen atoms in total. The highest BCUT2D eigenvalue weighted by Gasteiger charge is 2.23. The maximum Gasteiger partial charge on any atom is 0.268 e. The van der Waals surface area contributed by atoms with E-state index in [1.54, 1.807) is 6.08 Å². The Morgan fingerprint density at radius 2 is 0.806 bits per heavy atom. The second kappa shape index (κ2) is 50.2. The molecule has 0 rings (SSSR count). The van der Waals surface area contributed by atoms with E-state index in [9.17, 15) is 19.4 Å². The van der Waals surface area contributed by atoms with Crippen LogP contribution in [0, 0.1) is 0 Å². The highest BCUT2D eigenvalue weighted by Crippen LogP contribution is 2.38. The largest absolute Gasteiger partial charge is 0.756 e. The third-order valence-electron chi connectivity index (χ3n) is 13.7. The van der Waals surface area contributed by atoms with Gasteiger partial charge in [-0.1, -0.05) is 289 Å². The number of carbonyl (C=O) groups excluding carboxylic acids is 1. The number of quaternary nitrogens is 1. The average Bonchev–Trinajstić information content (AvgIpc) is 3.29. The monoisotopic (exact) mass is 969 g/mol. The summed E-state index contributed by atoms with van der Waals surface area (Å²) >= 11 is 0. The Hall–Kier alpha value is -0.760. The third kappa shape index (κ3) is 52.9. The smallest absolute Gasteiger partial charge is 0.268 e. The molecular weight excluding hydrogens is 852 g/mol. The first kappa shape index (κ1) is 66.2. The molecule has 0 aliphatic carbocycles. The zero-order valence-electron chi connectivity index (χ0n) is 45.6. The number of rotatable bonds is 55. The fraction of sp³-hybridized carbons (Fsp3) is 0.948. The van der Waals surface area contributed by atoms with Gasteiger partial charge in [0.1, 0.15) is 13.2 Å². The van der Waals surface area contributed by atoms with E-state index in [4.69, 9.17) is 9.05 Å². The summed E-state index contributed by atoms with van der Waals surface area (Å²) in [5.41, 5.74) is 0. The van der Waals surface area contributed by atoms with Crippen molar-refractivity contribution in [1.29, 1.82) is 0 Å². The first-order valence-electron chi connectivity index (χ1n) is 29.6. The van der Waals surface area contributed by atoms with Gasteiger partial charge in [0, 0.05) is 6.42 Å². The number of unbranched alkanes of at least 4 members (excludes halogenated alkanes) is 42. The molecule has 0 fully saturated rings. The molecule has 1 unspecified atom stereocenters. The summed E-state index contributed by atoms with van der Waals surface area (Å²) in [6, 6.07) is -0.880. The van der Waals surface area contributed by atoms with E-state index < -0.39 is 20.0 Å². The van der Waals surface area contributed by atoms with Crippen LogP contribution < -0.4 is 10.2 Å². The SMILES string of the molecule is CCCCCCCCC/C=C/[C@@H](O)[C@H](COP(=O)([O-])OCC[N+](C)(C)C)NC(=O)CCCCCCCCCCCCCCCCCCCCCCCCCCCCCCCCCCCCCC. The number of likely N-dealkylation sites (N-methyl/N-ethyl adjacent to an activating group) is 1. The maximum absolute atomic E-state index is 12.9. The van der Waals surface area contributed by atoms with Gasteiger partial charge in [-0.2, -0.15) is 0 Å². The molecule has 0 aromatic rings. The van der Waals surface area contributed by atoms with Gasteiger partial charge >= 0.3 is 0 Å². The zero-order valence-corrected chi connectivity index (χ0v) is 46.5. The molecule has 0 aliphatic heterocycles. The minimum atomic E-state index is -4.58. The van der Waals surface area contributed by atoms with Crippen molar-refractivity contribution in [2.24, 2.45) is 0 Å². The number of aliphatic hydroxyl groups excluding tert-OH is 1. The molecule has 0 aliphatic rings. The number of carbonyl (C=O) groups is 1. The van der Waals surface area contributed by atoms with Crippen molar-refractivity contribution in [1.82, 2.24) is 5.32 Å². The predicted octanol–water partition coefficient (Wildman–Crippen LogP) is 17.2. The van der Waals surface area contributed by atoms with Crippen LogP contribution in [0.5, 0.6) is 0 Å². The lowest BCUT2D eigenvalue weighted by atomic mass is 10.0. The molecule has 400 valence electrons. The van der Waals surface area contributed by atoms with Crippen molar-refractivity contribution in [3.8, 4) is 0 Å². The Labute approximate surface area is 418 Å². The lowest BCUT2D eigenvalue weighted by Crippen LogP contribution is -2.45. The van der Waals surface area contributed by atoms with Crippen LogP contribution in [0.25, 0.3) is 0 Å². The summed E-state index contributed by atoms with van der Waals surface area (Å²) < 4.78 is 23.2. The summed E-state index contributed by atoms with van der Waals surface area (Å²) in [7, 11) is 1.27. The fourth-order valence-corrected chi connectivity index (χ4v) is 9.82. The van der Waals surface area contributed by atoms with Crippen molar-refractivity contribution in [2.75, 3.05) is 40.9 Å². The topological polar surface area (TPSA) is 108 Å². The van der Waals surface area contributed by atoms with Crippen LogP contribution in [0.2, 0.25) is 0 Å². The van der Waals surface area contributed by atoms with Gasteiger partial charge in [-0.15, -0.1) is 0 Å². The lowest BCUT2D eigenvalue weighted by molar-refractivity contribution is -0.870. The van der Waals surface area contributed by atoms with Crippen molar-refractivity contribution in [3.05, 3.63) is 12.2 Å². The van der Waals surface area contributed by atoms with E-state index in [1.807, 2.05) is 27.2 Å². The molecule has 0 saturated carbocycles. The number of phosphoric ester groups is 1. The van der Waals surface area contributed by atoms with Gasteiger partial charge in [-0.25, -0.2) is 0 Å². The average molecular weight is 970 g/mol. The maximum atomic E-state index is 12.9. The Balaban J connectivity index is 3.80. The quantitative estimate of drug-likeness (QED) is 0.0272. The van der Waals surface area contributed by atoms with Crippen LogP contribution in [-0.4, -0.2) is 68.5 Å². The van der Waals surface area contributed by atoms with Crippen LogP contribution in [0.1, 0.15) is 303 Å². The second-order valence-corrected chi connectivity index (χ2v) is 23.1. The molecule has 67 heavy (non-hydrogen) atoms. The van der Waals surface area contributed by atoms with Crippen molar-refractivity contribution in [3.63, 3.8) is 0 Å². The number of nitrogens with zero attached hydrogens (tertiary/aromatic N) is 1. The normalized spacial score (nSPS) is 14.0. The van der Waals surface area contributed by atoms with E-state index in [1.165, 1.54) is 244 Å². The molecule has 0 saturated heterocycles. The van der Waals surface area contributed by atoms with Crippen molar-refractivity contribution >= 4 is 13.7 Å². The number of hydrogen-bond donors (Lipinski definition) is 2. The van der Waals surface area contributed by atoms with E-state index in [0.29, 0.717) is 17.4 Å². The van der Waals surface area contributed by atoms with Crippen LogP contribution in [0.3, 0.4) is 0 Å². The van der Waals surface area contributed by atoms with Gasteiger partial charge in [0.05, 0.1) is 39.9 Å². The van der Waals surface area contributed by atoms with Gasteiger partial charge < -0.3 is 28.8 Å². The number of phosphoric acid groups is 1. The molecule has 9 heteroatoms. The van der Waals surface area contributed by atoms with Gasteiger partial charge in [0.25, 0.3) is 7.82 Å². The Morgan fingerprint density at radius 3 is 1.12 bits per heavy atom. The fourth-order valence-electron chi connectivity index (χ4n) is 9.10. The number of amides is 1. The number of hydrogen-bond acceptors (Lipinski definition) is 6. The molecule has 0 aromatic carbocycles. The number of allylic oxidation sites excluding steroid dienone is 1. The highest BCUT2D eigenvalue weighted by molar-refractivity contribution is 7.45. The Bertz CT molecular complexity index is 1100. The first-order chi connectivity index (χ1) is 32.5. The summed E-state index contributed by atoms with van der Waals surface area (Å²) in [6.07, 6.45) is 62.0. The highest BCUT2D eigenvalue weighted by atomic mass is 31.2. The number of aliphatic hydroxyl groups is 1. The molecule has 0 aromatic heterocycles. The molecule has 1 amide bonds. The third-order valence-corrected chi connectivity index (χ3v) is 14.7. The van der Waals surface area contributed by atoms with Crippen molar-refractivity contribution in [2.45, 2.75) is 315 Å². The molecular formula is C58H117N2O6P. The van der Waals surface area contributed by atoms with E-state index in [2.05, 4.69) is 19.2 Å². The molecule has 0 radical (unpaired) electrons. The van der Waals surface area contributed by atoms with Gasteiger partial charge in [-0.05, 0) is 19.3 Å². The predicted molar refractivity (Wildman–Crippen MR) is 289 cm³/mol. The minimum Gasteiger partial charge on any atom is -0.756 e. The molecule has 0 spiro atoms. The summed E-state index contributed by atoms with van der Waals surface area (Å²) in [4.78, 5) is 25.3.